The van der Waals surface area contributed by atoms with Gasteiger partial charge < -0.3 is 14.6 Å². The van der Waals surface area contributed by atoms with Crippen molar-refractivity contribution in [2.45, 2.75) is 32.7 Å². The normalized spacial score (nSPS) is 11.8. The molecule has 1 heterocycles. The Hall–Kier alpha value is -3.08. The highest BCUT2D eigenvalue weighted by atomic mass is 16.5. The van der Waals surface area contributed by atoms with E-state index in [-0.39, 0.29) is 11.9 Å². The number of nitrogens with one attached hydrogen (secondary N) is 1. The largest absolute Gasteiger partial charge is 0.497 e. The Kier molecular flexibility index (Phi) is 5.91. The maximum absolute atomic E-state index is 12.4. The van der Waals surface area contributed by atoms with Gasteiger partial charge in [-0.15, -0.1) is 0 Å². The summed E-state index contributed by atoms with van der Waals surface area (Å²) in [6, 6.07) is 15.7. The van der Waals surface area contributed by atoms with E-state index < -0.39 is 0 Å². The van der Waals surface area contributed by atoms with E-state index in [0.29, 0.717) is 12.8 Å². The number of hydrogen-bond acceptors (Lipinski definition) is 4. The molecular weight excluding hydrogens is 340 g/mol. The predicted molar refractivity (Wildman–Crippen MR) is 105 cm³/mol. The molecule has 0 fully saturated rings. The van der Waals surface area contributed by atoms with Gasteiger partial charge in [-0.25, -0.2) is 0 Å². The van der Waals surface area contributed by atoms with Crippen molar-refractivity contribution < 1.29 is 14.1 Å². The smallest absolute Gasteiger partial charge is 0.220 e. The number of aryl methyl sites for hydroxylation is 2. The van der Waals surface area contributed by atoms with Crippen LogP contribution in [-0.4, -0.2) is 18.2 Å². The molecule has 140 valence electrons. The third-order valence-corrected chi connectivity index (χ3v) is 4.58. The molecule has 5 nitrogen and oxygen atoms in total. The molecule has 1 atom stereocenters. The van der Waals surface area contributed by atoms with Crippen molar-refractivity contribution in [1.29, 1.82) is 0 Å². The van der Waals surface area contributed by atoms with Crippen molar-refractivity contribution in [1.82, 2.24) is 10.5 Å². The van der Waals surface area contributed by atoms with Crippen molar-refractivity contribution in [3.8, 4) is 17.0 Å². The highest BCUT2D eigenvalue weighted by Gasteiger charge is 2.14. The summed E-state index contributed by atoms with van der Waals surface area (Å²) in [4.78, 5) is 12.4. The summed E-state index contributed by atoms with van der Waals surface area (Å²) in [5.74, 6) is 0.794. The van der Waals surface area contributed by atoms with E-state index in [0.717, 1.165) is 28.1 Å². The number of carbonyl (C=O) groups excluding carboxylic acids is 1. The first-order valence-electron chi connectivity index (χ1n) is 9.00. The van der Waals surface area contributed by atoms with Crippen molar-refractivity contribution in [3.63, 3.8) is 0 Å². The quantitative estimate of drug-likeness (QED) is 0.672. The number of benzene rings is 2. The second-order valence-electron chi connectivity index (χ2n) is 6.62. The SMILES string of the molecule is COc1ccc(C(C)NC(=O)CCc2conc2-c2ccc(C)cc2)cc1. The van der Waals surface area contributed by atoms with Crippen LogP contribution in [0.4, 0.5) is 0 Å². The molecule has 2 aromatic carbocycles. The van der Waals surface area contributed by atoms with E-state index in [4.69, 9.17) is 9.26 Å². The Morgan fingerprint density at radius 3 is 2.52 bits per heavy atom. The molecule has 1 amide bonds. The minimum atomic E-state index is -0.0672. The average Bonchev–Trinajstić information content (AvgIpc) is 3.15. The van der Waals surface area contributed by atoms with E-state index in [9.17, 15) is 4.79 Å². The molecule has 0 aliphatic rings. The van der Waals surface area contributed by atoms with Crippen LogP contribution in [0, 0.1) is 6.92 Å². The maximum Gasteiger partial charge on any atom is 0.220 e. The molecular formula is C22H24N2O3. The lowest BCUT2D eigenvalue weighted by molar-refractivity contribution is -0.121. The molecule has 27 heavy (non-hydrogen) atoms. The van der Waals surface area contributed by atoms with Gasteiger partial charge in [0.1, 0.15) is 17.7 Å². The van der Waals surface area contributed by atoms with Crippen molar-refractivity contribution in [2.24, 2.45) is 0 Å². The molecule has 3 rings (SSSR count). The van der Waals surface area contributed by atoms with Crippen LogP contribution in [0.2, 0.25) is 0 Å². The Morgan fingerprint density at radius 1 is 1.15 bits per heavy atom. The van der Waals surface area contributed by atoms with Gasteiger partial charge in [0.15, 0.2) is 0 Å². The maximum atomic E-state index is 12.4. The molecule has 1 unspecified atom stereocenters. The number of ether oxygens (including phenoxy) is 1. The van der Waals surface area contributed by atoms with Crippen LogP contribution in [0.3, 0.4) is 0 Å². The second-order valence-corrected chi connectivity index (χ2v) is 6.62. The fourth-order valence-corrected chi connectivity index (χ4v) is 2.92. The molecule has 1 N–H and O–H groups in total. The van der Waals surface area contributed by atoms with Crippen LogP contribution in [0.25, 0.3) is 11.3 Å². The van der Waals surface area contributed by atoms with E-state index in [2.05, 4.69) is 10.5 Å². The van der Waals surface area contributed by atoms with Gasteiger partial charge in [0.05, 0.1) is 13.2 Å². The van der Waals surface area contributed by atoms with Gasteiger partial charge >= 0.3 is 0 Å². The number of amides is 1. The molecule has 0 spiro atoms. The minimum absolute atomic E-state index is 0.00521. The van der Waals surface area contributed by atoms with E-state index in [1.165, 1.54) is 5.56 Å². The number of aromatic nitrogens is 1. The van der Waals surface area contributed by atoms with Gasteiger partial charge in [-0.3, -0.25) is 4.79 Å². The minimum Gasteiger partial charge on any atom is -0.497 e. The number of methoxy groups -OCH3 is 1. The molecule has 0 bridgehead atoms. The number of carbonyl (C=O) groups is 1. The fraction of sp³-hybridized carbons (Fsp3) is 0.273. The summed E-state index contributed by atoms with van der Waals surface area (Å²) in [7, 11) is 1.63. The van der Waals surface area contributed by atoms with Crippen LogP contribution >= 0.6 is 0 Å². The molecule has 0 saturated carbocycles. The molecule has 0 saturated heterocycles. The molecule has 3 aromatic rings. The van der Waals surface area contributed by atoms with Crippen molar-refractivity contribution in [3.05, 3.63) is 71.5 Å². The molecule has 0 radical (unpaired) electrons. The number of hydrogen-bond donors (Lipinski definition) is 1. The van der Waals surface area contributed by atoms with Gasteiger partial charge in [-0.2, -0.15) is 0 Å². The van der Waals surface area contributed by atoms with Crippen LogP contribution in [0.15, 0.2) is 59.3 Å². The molecule has 1 aromatic heterocycles. The fourth-order valence-electron chi connectivity index (χ4n) is 2.92. The average molecular weight is 364 g/mol. The summed E-state index contributed by atoms with van der Waals surface area (Å²) >= 11 is 0. The zero-order chi connectivity index (χ0) is 19.2. The Balaban J connectivity index is 1.58. The standard InChI is InChI=1S/C22H24N2O3/c1-15-4-6-18(7-5-15)22-19(14-27-24-22)10-13-21(25)23-16(2)17-8-11-20(26-3)12-9-17/h4-9,11-12,14,16H,10,13H2,1-3H3,(H,23,25). The van der Waals surface area contributed by atoms with Crippen molar-refractivity contribution >= 4 is 5.91 Å². The molecule has 0 aliphatic heterocycles. The Labute approximate surface area is 159 Å². The first-order valence-corrected chi connectivity index (χ1v) is 9.00. The summed E-state index contributed by atoms with van der Waals surface area (Å²) in [6.07, 6.45) is 2.57. The van der Waals surface area contributed by atoms with E-state index in [1.54, 1.807) is 13.4 Å². The van der Waals surface area contributed by atoms with Crippen LogP contribution < -0.4 is 10.1 Å². The van der Waals surface area contributed by atoms with Gasteiger partial charge in [-0.05, 0) is 38.0 Å². The predicted octanol–water partition coefficient (Wildman–Crippen LogP) is 4.47. The van der Waals surface area contributed by atoms with E-state index in [1.807, 2.05) is 62.4 Å². The monoisotopic (exact) mass is 364 g/mol. The number of nitrogens with zero attached hydrogens (tertiary/aromatic N) is 1. The summed E-state index contributed by atoms with van der Waals surface area (Å²) in [5.41, 5.74) is 4.96. The highest BCUT2D eigenvalue weighted by Crippen LogP contribution is 2.24. The van der Waals surface area contributed by atoms with Gasteiger partial charge in [-0.1, -0.05) is 47.1 Å². The highest BCUT2D eigenvalue weighted by molar-refractivity contribution is 5.77. The molecule has 5 heteroatoms. The number of rotatable bonds is 7. The van der Waals surface area contributed by atoms with Gasteiger partial charge in [0.2, 0.25) is 5.91 Å². The van der Waals surface area contributed by atoms with Crippen LogP contribution in [0.1, 0.15) is 36.1 Å². The third-order valence-electron chi connectivity index (χ3n) is 4.58. The summed E-state index contributed by atoms with van der Waals surface area (Å²) in [5, 5.41) is 7.13. The third kappa shape index (κ3) is 4.76. The summed E-state index contributed by atoms with van der Waals surface area (Å²) in [6.45, 7) is 4.01. The Bertz CT molecular complexity index is 883. The lowest BCUT2D eigenvalue weighted by Gasteiger charge is -2.14. The zero-order valence-electron chi connectivity index (χ0n) is 15.9. The first-order chi connectivity index (χ1) is 13.1. The topological polar surface area (TPSA) is 64.4 Å². The van der Waals surface area contributed by atoms with Gasteiger partial charge in [0, 0.05) is 17.5 Å². The Morgan fingerprint density at radius 2 is 1.85 bits per heavy atom. The summed E-state index contributed by atoms with van der Waals surface area (Å²) < 4.78 is 10.3. The lowest BCUT2D eigenvalue weighted by Crippen LogP contribution is -2.26. The molecule has 0 aliphatic carbocycles. The zero-order valence-corrected chi connectivity index (χ0v) is 15.9. The van der Waals surface area contributed by atoms with Crippen LogP contribution in [-0.2, 0) is 11.2 Å². The lowest BCUT2D eigenvalue weighted by atomic mass is 10.0. The first kappa shape index (κ1) is 18.7. The van der Waals surface area contributed by atoms with Crippen LogP contribution in [0.5, 0.6) is 5.75 Å². The van der Waals surface area contributed by atoms with Crippen molar-refractivity contribution in [2.75, 3.05) is 7.11 Å². The van der Waals surface area contributed by atoms with E-state index >= 15 is 0 Å². The second kappa shape index (κ2) is 8.54. The van der Waals surface area contributed by atoms with Gasteiger partial charge in [0.25, 0.3) is 0 Å².